The van der Waals surface area contributed by atoms with Crippen molar-refractivity contribution in [3.8, 4) is 11.5 Å². The molecule has 1 fully saturated rings. The summed E-state index contributed by atoms with van der Waals surface area (Å²) in [6, 6.07) is 14.1. The minimum absolute atomic E-state index is 0.0210. The molecule has 1 aliphatic carbocycles. The molecule has 1 heterocycles. The molecule has 0 spiro atoms. The fourth-order valence-electron chi connectivity index (χ4n) is 4.40. The van der Waals surface area contributed by atoms with E-state index in [0.717, 1.165) is 29.9 Å². The first-order chi connectivity index (χ1) is 13.9. The molecule has 1 aliphatic heterocycles. The van der Waals surface area contributed by atoms with Crippen molar-refractivity contribution in [3.05, 3.63) is 59.2 Å². The Labute approximate surface area is 173 Å². The van der Waals surface area contributed by atoms with Crippen LogP contribution in [0.1, 0.15) is 67.9 Å². The molecule has 29 heavy (non-hydrogen) atoms. The summed E-state index contributed by atoms with van der Waals surface area (Å²) in [5.74, 6) is 2.21. The second-order valence-electron chi connectivity index (χ2n) is 9.11. The van der Waals surface area contributed by atoms with E-state index < -0.39 is 0 Å². The number of para-hydroxylation sites is 1. The lowest BCUT2D eigenvalue weighted by Gasteiger charge is -2.29. The number of carbonyl (C=O) groups is 1. The van der Waals surface area contributed by atoms with Gasteiger partial charge in [0.05, 0.1) is 0 Å². The Bertz CT molecular complexity index is 872. The molecule has 1 saturated carbocycles. The highest BCUT2D eigenvalue weighted by Gasteiger charge is 2.32. The average Bonchev–Trinajstić information content (AvgIpc) is 3.03. The molecule has 1 amide bonds. The molecular formula is C25H31NO3. The van der Waals surface area contributed by atoms with Gasteiger partial charge in [-0.05, 0) is 56.4 Å². The first kappa shape index (κ1) is 19.8. The van der Waals surface area contributed by atoms with E-state index in [-0.39, 0.29) is 11.5 Å². The van der Waals surface area contributed by atoms with Gasteiger partial charge in [0.2, 0.25) is 0 Å². The third-order valence-electron chi connectivity index (χ3n) is 6.09. The second kappa shape index (κ2) is 8.10. The highest BCUT2D eigenvalue weighted by molar-refractivity contribution is 5.94. The topological polar surface area (TPSA) is 47.6 Å². The molecule has 0 saturated heterocycles. The van der Waals surface area contributed by atoms with E-state index in [4.69, 9.17) is 9.47 Å². The number of fused-ring (bicyclic) bond motifs is 1. The van der Waals surface area contributed by atoms with Crippen LogP contribution in [-0.4, -0.2) is 17.6 Å². The van der Waals surface area contributed by atoms with Gasteiger partial charge in [-0.2, -0.15) is 0 Å². The monoisotopic (exact) mass is 393 g/mol. The van der Waals surface area contributed by atoms with Gasteiger partial charge in [0.25, 0.3) is 5.91 Å². The van der Waals surface area contributed by atoms with E-state index in [1.807, 2.05) is 36.4 Å². The van der Waals surface area contributed by atoms with Crippen molar-refractivity contribution >= 4 is 5.91 Å². The zero-order valence-corrected chi connectivity index (χ0v) is 17.7. The number of nitrogens with one attached hydrogen (secondary N) is 1. The Hall–Kier alpha value is -2.49. The average molecular weight is 394 g/mol. The van der Waals surface area contributed by atoms with Crippen LogP contribution in [0.4, 0.5) is 0 Å². The van der Waals surface area contributed by atoms with Crippen molar-refractivity contribution < 1.29 is 14.3 Å². The molecule has 0 aromatic heterocycles. The Morgan fingerprint density at radius 3 is 2.66 bits per heavy atom. The zero-order valence-electron chi connectivity index (χ0n) is 17.7. The van der Waals surface area contributed by atoms with E-state index in [2.05, 4.69) is 32.2 Å². The number of ether oxygens (including phenoxy) is 2. The Morgan fingerprint density at radius 2 is 1.90 bits per heavy atom. The lowest BCUT2D eigenvalue weighted by atomic mass is 9.86. The quantitative estimate of drug-likeness (QED) is 0.751. The van der Waals surface area contributed by atoms with E-state index >= 15 is 0 Å². The maximum atomic E-state index is 12.6. The highest BCUT2D eigenvalue weighted by Crippen LogP contribution is 2.41. The van der Waals surface area contributed by atoms with Crippen molar-refractivity contribution in [3.63, 3.8) is 0 Å². The van der Waals surface area contributed by atoms with Crippen molar-refractivity contribution in [2.75, 3.05) is 0 Å². The lowest BCUT2D eigenvalue weighted by molar-refractivity contribution is 0.0910. The standard InChI is InChI=1S/C25H31NO3/c1-17-7-4-5-9-21(17)26-24(27)19-13-11-18(12-14-19)16-28-22-10-6-8-20-15-25(2,3)29-23(20)22/h6,8,10-14,17,21H,4-5,7,9,15-16H2,1-3H3,(H,26,27)/t17-,21-/m1/s1. The van der Waals surface area contributed by atoms with E-state index in [1.54, 1.807) is 0 Å². The van der Waals surface area contributed by atoms with Crippen LogP contribution in [0.25, 0.3) is 0 Å². The first-order valence-corrected chi connectivity index (χ1v) is 10.7. The fourth-order valence-corrected chi connectivity index (χ4v) is 4.40. The third-order valence-corrected chi connectivity index (χ3v) is 6.09. The highest BCUT2D eigenvalue weighted by atomic mass is 16.5. The number of hydrogen-bond acceptors (Lipinski definition) is 3. The van der Waals surface area contributed by atoms with Crippen LogP contribution < -0.4 is 14.8 Å². The van der Waals surface area contributed by atoms with Crippen LogP contribution >= 0.6 is 0 Å². The largest absolute Gasteiger partial charge is 0.485 e. The first-order valence-electron chi connectivity index (χ1n) is 10.7. The molecule has 4 rings (SSSR count). The maximum absolute atomic E-state index is 12.6. The van der Waals surface area contributed by atoms with Crippen LogP contribution in [0.5, 0.6) is 11.5 Å². The maximum Gasteiger partial charge on any atom is 0.251 e. The van der Waals surface area contributed by atoms with Gasteiger partial charge in [-0.1, -0.05) is 44.0 Å². The Morgan fingerprint density at radius 1 is 1.14 bits per heavy atom. The number of hydrogen-bond donors (Lipinski definition) is 1. The normalized spacial score (nSPS) is 22.4. The van der Waals surface area contributed by atoms with Gasteiger partial charge < -0.3 is 14.8 Å². The minimum Gasteiger partial charge on any atom is -0.485 e. The zero-order chi connectivity index (χ0) is 20.4. The van der Waals surface area contributed by atoms with Gasteiger partial charge in [0.1, 0.15) is 12.2 Å². The summed E-state index contributed by atoms with van der Waals surface area (Å²) in [5, 5.41) is 3.21. The molecule has 2 atom stereocenters. The summed E-state index contributed by atoms with van der Waals surface area (Å²) in [6.07, 6.45) is 5.65. The van der Waals surface area contributed by atoms with E-state index in [1.165, 1.54) is 24.8 Å². The molecular weight excluding hydrogens is 362 g/mol. The van der Waals surface area contributed by atoms with Gasteiger partial charge >= 0.3 is 0 Å². The molecule has 2 aliphatic rings. The summed E-state index contributed by atoms with van der Waals surface area (Å²) >= 11 is 0. The van der Waals surface area contributed by atoms with Gasteiger partial charge in [-0.25, -0.2) is 0 Å². The fraction of sp³-hybridized carbons (Fsp3) is 0.480. The molecule has 0 bridgehead atoms. The molecule has 0 unspecified atom stereocenters. The number of rotatable bonds is 5. The second-order valence-corrected chi connectivity index (χ2v) is 9.11. The SMILES string of the molecule is C[C@@H]1CCCC[C@H]1NC(=O)c1ccc(COc2cccc3c2OC(C)(C)C3)cc1. The molecule has 2 aromatic rings. The van der Waals surface area contributed by atoms with Gasteiger partial charge in [-0.3, -0.25) is 4.79 Å². The molecule has 2 aromatic carbocycles. The van der Waals surface area contributed by atoms with Gasteiger partial charge in [0, 0.05) is 23.6 Å². The van der Waals surface area contributed by atoms with Crippen LogP contribution in [0.3, 0.4) is 0 Å². The molecule has 4 heteroatoms. The lowest BCUT2D eigenvalue weighted by Crippen LogP contribution is -2.41. The molecule has 0 radical (unpaired) electrons. The molecule has 1 N–H and O–H groups in total. The summed E-state index contributed by atoms with van der Waals surface area (Å²) in [7, 11) is 0. The van der Waals surface area contributed by atoms with Gasteiger partial charge in [-0.15, -0.1) is 0 Å². The summed E-state index contributed by atoms with van der Waals surface area (Å²) in [4.78, 5) is 12.6. The predicted molar refractivity (Wildman–Crippen MR) is 115 cm³/mol. The summed E-state index contributed by atoms with van der Waals surface area (Å²) in [6.45, 7) is 6.86. The van der Waals surface area contributed by atoms with Gasteiger partial charge in [0.15, 0.2) is 11.5 Å². The van der Waals surface area contributed by atoms with E-state index in [0.29, 0.717) is 24.1 Å². The van der Waals surface area contributed by atoms with Crippen molar-refractivity contribution in [2.24, 2.45) is 5.92 Å². The summed E-state index contributed by atoms with van der Waals surface area (Å²) < 4.78 is 12.1. The van der Waals surface area contributed by atoms with Crippen LogP contribution in [0.15, 0.2) is 42.5 Å². The molecule has 4 nitrogen and oxygen atoms in total. The summed E-state index contributed by atoms with van der Waals surface area (Å²) in [5.41, 5.74) is 2.74. The third kappa shape index (κ3) is 4.58. The number of amides is 1. The smallest absolute Gasteiger partial charge is 0.251 e. The number of carbonyl (C=O) groups excluding carboxylic acids is 1. The van der Waals surface area contributed by atoms with E-state index in [9.17, 15) is 4.79 Å². The predicted octanol–water partition coefficient (Wildman–Crippen LogP) is 5.29. The Kier molecular flexibility index (Phi) is 5.53. The number of benzene rings is 2. The van der Waals surface area contributed by atoms with Crippen molar-refractivity contribution in [1.29, 1.82) is 0 Å². The van der Waals surface area contributed by atoms with Crippen molar-refractivity contribution in [1.82, 2.24) is 5.32 Å². The van der Waals surface area contributed by atoms with Crippen LogP contribution in [0.2, 0.25) is 0 Å². The van der Waals surface area contributed by atoms with Crippen molar-refractivity contribution in [2.45, 2.75) is 71.1 Å². The minimum atomic E-state index is -0.188. The van der Waals surface area contributed by atoms with Crippen LogP contribution in [0, 0.1) is 5.92 Å². The Balaban J connectivity index is 1.36. The molecule has 154 valence electrons. The van der Waals surface area contributed by atoms with Crippen LogP contribution in [-0.2, 0) is 13.0 Å².